The summed E-state index contributed by atoms with van der Waals surface area (Å²) < 4.78 is 19.1. The topological polar surface area (TPSA) is 73.9 Å². The summed E-state index contributed by atoms with van der Waals surface area (Å²) in [6.45, 7) is 2.37. The van der Waals surface area contributed by atoms with E-state index < -0.39 is 0 Å². The second kappa shape index (κ2) is 6.99. The standard InChI is InChI=1S/C21H17FN4O/c1-13-3-2-4-14(11-13)12-27-20-19-18(25-21(23)26-20)10-9-17(24-19)15-5-7-16(22)8-6-15/h2-11H,12H2,1H3,(H2,23,25,26). The monoisotopic (exact) mass is 360 g/mol. The van der Waals surface area contributed by atoms with Crippen LogP contribution in [0.2, 0.25) is 0 Å². The number of hydrogen-bond acceptors (Lipinski definition) is 5. The van der Waals surface area contributed by atoms with Gasteiger partial charge in [0.05, 0.1) is 11.2 Å². The summed E-state index contributed by atoms with van der Waals surface area (Å²) in [7, 11) is 0. The van der Waals surface area contributed by atoms with E-state index >= 15 is 0 Å². The Balaban J connectivity index is 1.72. The van der Waals surface area contributed by atoms with Gasteiger partial charge in [0.25, 0.3) is 0 Å². The van der Waals surface area contributed by atoms with Crippen molar-refractivity contribution in [3.05, 3.63) is 77.6 Å². The minimum absolute atomic E-state index is 0.123. The van der Waals surface area contributed by atoms with Gasteiger partial charge in [0, 0.05) is 5.56 Å². The van der Waals surface area contributed by atoms with Crippen LogP contribution in [0.3, 0.4) is 0 Å². The minimum Gasteiger partial charge on any atom is -0.471 e. The molecule has 2 aromatic heterocycles. The number of hydrogen-bond donors (Lipinski definition) is 1. The van der Waals surface area contributed by atoms with Crippen LogP contribution in [0.5, 0.6) is 5.88 Å². The summed E-state index contributed by atoms with van der Waals surface area (Å²) >= 11 is 0. The van der Waals surface area contributed by atoms with Crippen LogP contribution in [0.1, 0.15) is 11.1 Å². The Bertz CT molecular complexity index is 1110. The predicted molar refractivity (Wildman–Crippen MR) is 103 cm³/mol. The third kappa shape index (κ3) is 3.69. The number of pyridine rings is 1. The van der Waals surface area contributed by atoms with Crippen LogP contribution in [0.15, 0.2) is 60.7 Å². The molecule has 0 atom stereocenters. The molecule has 0 saturated carbocycles. The Hall–Kier alpha value is -3.54. The Labute approximate surface area is 155 Å². The first-order chi connectivity index (χ1) is 13.1. The first kappa shape index (κ1) is 16.9. The highest BCUT2D eigenvalue weighted by atomic mass is 19.1. The molecule has 0 aliphatic rings. The van der Waals surface area contributed by atoms with Gasteiger partial charge < -0.3 is 10.5 Å². The van der Waals surface area contributed by atoms with Gasteiger partial charge in [0.2, 0.25) is 11.8 Å². The third-order valence-electron chi connectivity index (χ3n) is 4.13. The second-order valence-corrected chi connectivity index (χ2v) is 6.24. The molecule has 4 aromatic rings. The number of fused-ring (bicyclic) bond motifs is 1. The molecule has 5 nitrogen and oxygen atoms in total. The van der Waals surface area contributed by atoms with Gasteiger partial charge in [-0.1, -0.05) is 29.8 Å². The third-order valence-corrected chi connectivity index (χ3v) is 4.13. The number of aryl methyl sites for hydroxylation is 1. The SMILES string of the molecule is Cc1cccc(COc2nc(N)nc3ccc(-c4ccc(F)cc4)nc23)c1. The summed E-state index contributed by atoms with van der Waals surface area (Å²) in [5.41, 5.74) is 10.6. The second-order valence-electron chi connectivity index (χ2n) is 6.24. The molecule has 2 aromatic carbocycles. The first-order valence-corrected chi connectivity index (χ1v) is 8.47. The largest absolute Gasteiger partial charge is 0.471 e. The maximum absolute atomic E-state index is 13.2. The molecule has 0 fully saturated rings. The fourth-order valence-corrected chi connectivity index (χ4v) is 2.84. The van der Waals surface area contributed by atoms with E-state index in [0.717, 1.165) is 16.7 Å². The lowest BCUT2D eigenvalue weighted by Gasteiger charge is -2.10. The van der Waals surface area contributed by atoms with E-state index in [2.05, 4.69) is 15.0 Å². The number of halogens is 1. The van der Waals surface area contributed by atoms with Crippen LogP contribution in [0.4, 0.5) is 10.3 Å². The Morgan fingerprint density at radius 3 is 2.56 bits per heavy atom. The molecule has 6 heteroatoms. The van der Waals surface area contributed by atoms with Crippen molar-refractivity contribution in [2.75, 3.05) is 5.73 Å². The highest BCUT2D eigenvalue weighted by Gasteiger charge is 2.12. The zero-order valence-corrected chi connectivity index (χ0v) is 14.7. The van der Waals surface area contributed by atoms with E-state index in [-0.39, 0.29) is 11.8 Å². The molecule has 0 saturated heterocycles. The van der Waals surface area contributed by atoms with E-state index in [9.17, 15) is 4.39 Å². The van der Waals surface area contributed by atoms with Crippen molar-refractivity contribution in [1.29, 1.82) is 0 Å². The zero-order valence-electron chi connectivity index (χ0n) is 14.7. The average molecular weight is 360 g/mol. The van der Waals surface area contributed by atoms with Gasteiger partial charge in [-0.2, -0.15) is 4.98 Å². The van der Waals surface area contributed by atoms with E-state index in [4.69, 9.17) is 10.5 Å². The molecule has 0 radical (unpaired) electrons. The highest BCUT2D eigenvalue weighted by Crippen LogP contribution is 2.26. The molecule has 0 bridgehead atoms. The molecule has 0 aliphatic carbocycles. The summed E-state index contributed by atoms with van der Waals surface area (Å²) in [5.74, 6) is 0.152. The molecule has 0 unspecified atom stereocenters. The minimum atomic E-state index is -0.294. The molecule has 0 aliphatic heterocycles. The van der Waals surface area contributed by atoms with Gasteiger partial charge in [-0.3, -0.25) is 0 Å². The van der Waals surface area contributed by atoms with E-state index in [1.807, 2.05) is 37.3 Å². The van der Waals surface area contributed by atoms with Gasteiger partial charge >= 0.3 is 0 Å². The summed E-state index contributed by atoms with van der Waals surface area (Å²) in [4.78, 5) is 13.0. The lowest BCUT2D eigenvalue weighted by atomic mass is 10.1. The Morgan fingerprint density at radius 1 is 0.963 bits per heavy atom. The number of anilines is 1. The zero-order chi connectivity index (χ0) is 18.8. The Morgan fingerprint density at radius 2 is 1.78 bits per heavy atom. The van der Waals surface area contributed by atoms with Crippen molar-refractivity contribution >= 4 is 17.0 Å². The molecule has 4 rings (SSSR count). The Kier molecular flexibility index (Phi) is 4.38. The average Bonchev–Trinajstić information content (AvgIpc) is 2.66. The van der Waals surface area contributed by atoms with Crippen LogP contribution in [0.25, 0.3) is 22.3 Å². The van der Waals surface area contributed by atoms with Crippen LogP contribution < -0.4 is 10.5 Å². The van der Waals surface area contributed by atoms with Gasteiger partial charge in [-0.05, 0) is 48.9 Å². The molecule has 2 N–H and O–H groups in total. The molecule has 0 amide bonds. The van der Waals surface area contributed by atoms with Crippen LogP contribution in [-0.4, -0.2) is 15.0 Å². The maximum Gasteiger partial charge on any atom is 0.245 e. The smallest absolute Gasteiger partial charge is 0.245 e. The fourth-order valence-electron chi connectivity index (χ4n) is 2.84. The molecule has 0 spiro atoms. The van der Waals surface area contributed by atoms with Gasteiger partial charge in [0.1, 0.15) is 12.4 Å². The molecular formula is C21H17FN4O. The molecular weight excluding hydrogens is 343 g/mol. The number of rotatable bonds is 4. The van der Waals surface area contributed by atoms with E-state index in [1.165, 1.54) is 12.1 Å². The number of nitrogens with zero attached hydrogens (tertiary/aromatic N) is 3. The number of ether oxygens (including phenoxy) is 1. The van der Waals surface area contributed by atoms with E-state index in [1.54, 1.807) is 18.2 Å². The van der Waals surface area contributed by atoms with E-state index in [0.29, 0.717) is 29.2 Å². The summed E-state index contributed by atoms with van der Waals surface area (Å²) in [6.07, 6.45) is 0. The molecule has 27 heavy (non-hydrogen) atoms. The van der Waals surface area contributed by atoms with Gasteiger partial charge in [-0.25, -0.2) is 14.4 Å². The van der Waals surface area contributed by atoms with Crippen LogP contribution >= 0.6 is 0 Å². The van der Waals surface area contributed by atoms with Crippen molar-refractivity contribution in [2.24, 2.45) is 0 Å². The van der Waals surface area contributed by atoms with Crippen molar-refractivity contribution in [2.45, 2.75) is 13.5 Å². The van der Waals surface area contributed by atoms with Gasteiger partial charge in [-0.15, -0.1) is 0 Å². The number of aromatic nitrogens is 3. The number of benzene rings is 2. The maximum atomic E-state index is 13.2. The normalized spacial score (nSPS) is 10.9. The number of nitrogen functional groups attached to an aromatic ring is 1. The summed E-state index contributed by atoms with van der Waals surface area (Å²) in [6, 6.07) is 17.8. The highest BCUT2D eigenvalue weighted by molar-refractivity contribution is 5.83. The lowest BCUT2D eigenvalue weighted by Crippen LogP contribution is -2.04. The van der Waals surface area contributed by atoms with Crippen LogP contribution in [0, 0.1) is 12.7 Å². The quantitative estimate of drug-likeness (QED) is 0.587. The van der Waals surface area contributed by atoms with Gasteiger partial charge in [0.15, 0.2) is 5.52 Å². The number of nitrogens with two attached hydrogens (primary N) is 1. The van der Waals surface area contributed by atoms with Crippen molar-refractivity contribution in [1.82, 2.24) is 15.0 Å². The van der Waals surface area contributed by atoms with Crippen molar-refractivity contribution < 1.29 is 9.13 Å². The molecule has 134 valence electrons. The van der Waals surface area contributed by atoms with Crippen molar-refractivity contribution in [3.63, 3.8) is 0 Å². The first-order valence-electron chi connectivity index (χ1n) is 8.47. The van der Waals surface area contributed by atoms with Crippen molar-refractivity contribution in [3.8, 4) is 17.1 Å². The lowest BCUT2D eigenvalue weighted by molar-refractivity contribution is 0.297. The molecule has 2 heterocycles. The summed E-state index contributed by atoms with van der Waals surface area (Å²) in [5, 5.41) is 0. The van der Waals surface area contributed by atoms with Crippen LogP contribution in [-0.2, 0) is 6.61 Å². The fraction of sp³-hybridized carbons (Fsp3) is 0.0952. The predicted octanol–water partition coefficient (Wildman–Crippen LogP) is 4.30.